The Bertz CT molecular complexity index is 1170. The molecule has 0 aliphatic carbocycles. The van der Waals surface area contributed by atoms with Gasteiger partial charge in [0.2, 0.25) is 0 Å². The zero-order chi connectivity index (χ0) is 18.9. The van der Waals surface area contributed by atoms with Gasteiger partial charge in [-0.3, -0.25) is 4.79 Å². The maximum Gasteiger partial charge on any atom is 0.258 e. The molecule has 2 aromatic heterocycles. The van der Waals surface area contributed by atoms with Gasteiger partial charge in [-0.05, 0) is 56.1 Å². The molecule has 1 saturated heterocycles. The second kappa shape index (κ2) is 7.24. The Morgan fingerprint density at radius 1 is 1.00 bits per heavy atom. The van der Waals surface area contributed by atoms with Crippen molar-refractivity contribution in [2.24, 2.45) is 0 Å². The van der Waals surface area contributed by atoms with Crippen LogP contribution in [0.4, 0.5) is 0 Å². The molecule has 0 radical (unpaired) electrons. The quantitative estimate of drug-likeness (QED) is 0.572. The van der Waals surface area contributed by atoms with Crippen LogP contribution in [-0.4, -0.2) is 39.5 Å². The predicted octanol–water partition coefficient (Wildman–Crippen LogP) is 3.83. The maximum atomic E-state index is 12.3. The van der Waals surface area contributed by atoms with Crippen molar-refractivity contribution < 1.29 is 0 Å². The molecule has 2 aromatic carbocycles. The lowest BCUT2D eigenvalue weighted by Crippen LogP contribution is -2.35. The van der Waals surface area contributed by atoms with E-state index in [2.05, 4.69) is 45.3 Å². The number of benzene rings is 2. The zero-order valence-corrected chi connectivity index (χ0v) is 15.8. The van der Waals surface area contributed by atoms with Crippen LogP contribution in [0.5, 0.6) is 0 Å². The molecular formula is C23H24N4O. The van der Waals surface area contributed by atoms with Crippen LogP contribution in [0.25, 0.3) is 21.8 Å². The molecular weight excluding hydrogens is 348 g/mol. The highest BCUT2D eigenvalue weighted by Gasteiger charge is 2.23. The highest BCUT2D eigenvalue weighted by molar-refractivity contribution is 5.83. The van der Waals surface area contributed by atoms with Crippen molar-refractivity contribution in [1.29, 1.82) is 0 Å². The zero-order valence-electron chi connectivity index (χ0n) is 15.8. The van der Waals surface area contributed by atoms with Crippen LogP contribution >= 0.6 is 0 Å². The van der Waals surface area contributed by atoms with E-state index in [-0.39, 0.29) is 5.56 Å². The van der Waals surface area contributed by atoms with Gasteiger partial charge in [-0.1, -0.05) is 30.3 Å². The summed E-state index contributed by atoms with van der Waals surface area (Å²) in [4.78, 5) is 26.0. The van der Waals surface area contributed by atoms with Gasteiger partial charge in [-0.2, -0.15) is 0 Å². The topological polar surface area (TPSA) is 64.8 Å². The summed E-state index contributed by atoms with van der Waals surface area (Å²) in [6.45, 7) is 3.16. The number of rotatable bonds is 4. The van der Waals surface area contributed by atoms with Crippen molar-refractivity contribution in [3.05, 3.63) is 76.5 Å². The lowest BCUT2D eigenvalue weighted by atomic mass is 9.95. The van der Waals surface area contributed by atoms with Crippen LogP contribution in [0.3, 0.4) is 0 Å². The third kappa shape index (κ3) is 3.22. The molecule has 3 heterocycles. The fourth-order valence-corrected chi connectivity index (χ4v) is 4.34. The number of aromatic amines is 2. The highest BCUT2D eigenvalue weighted by atomic mass is 16.1. The van der Waals surface area contributed by atoms with Gasteiger partial charge in [-0.15, -0.1) is 0 Å². The summed E-state index contributed by atoms with van der Waals surface area (Å²) in [5.41, 5.74) is 3.37. The molecule has 5 nitrogen and oxygen atoms in total. The average Bonchev–Trinajstić information content (AvgIpc) is 3.16. The third-order valence-corrected chi connectivity index (χ3v) is 5.98. The molecule has 1 aliphatic rings. The Labute approximate surface area is 163 Å². The first-order valence-electron chi connectivity index (χ1n) is 10.0. The number of nitrogens with one attached hydrogen (secondary N) is 2. The molecule has 0 spiro atoms. The molecule has 0 atom stereocenters. The molecule has 0 unspecified atom stereocenters. The van der Waals surface area contributed by atoms with Gasteiger partial charge in [0.1, 0.15) is 5.82 Å². The van der Waals surface area contributed by atoms with E-state index in [4.69, 9.17) is 4.98 Å². The molecule has 5 heteroatoms. The molecule has 142 valence electrons. The van der Waals surface area contributed by atoms with Gasteiger partial charge in [0.15, 0.2) is 0 Å². The maximum absolute atomic E-state index is 12.3. The number of fused-ring (bicyclic) bond motifs is 2. The summed E-state index contributed by atoms with van der Waals surface area (Å²) >= 11 is 0. The Hall–Kier alpha value is -2.92. The summed E-state index contributed by atoms with van der Waals surface area (Å²) in [7, 11) is 0. The minimum Gasteiger partial charge on any atom is -0.361 e. The summed E-state index contributed by atoms with van der Waals surface area (Å²) in [5.74, 6) is 1.18. The van der Waals surface area contributed by atoms with Crippen molar-refractivity contribution >= 4 is 21.8 Å². The second-order valence-electron chi connectivity index (χ2n) is 7.69. The first-order chi connectivity index (χ1) is 13.8. The Morgan fingerprint density at radius 3 is 2.61 bits per heavy atom. The molecule has 5 rings (SSSR count). The predicted molar refractivity (Wildman–Crippen MR) is 113 cm³/mol. The molecule has 0 amide bonds. The fourth-order valence-electron chi connectivity index (χ4n) is 4.34. The smallest absolute Gasteiger partial charge is 0.258 e. The van der Waals surface area contributed by atoms with Crippen molar-refractivity contribution in [3.8, 4) is 0 Å². The van der Waals surface area contributed by atoms with Crippen molar-refractivity contribution in [2.75, 3.05) is 19.6 Å². The molecule has 0 bridgehead atoms. The summed E-state index contributed by atoms with van der Waals surface area (Å²) in [5, 5.41) is 2.00. The van der Waals surface area contributed by atoms with Crippen LogP contribution < -0.4 is 5.56 Å². The largest absolute Gasteiger partial charge is 0.361 e. The number of piperidine rings is 1. The van der Waals surface area contributed by atoms with Gasteiger partial charge in [0.25, 0.3) is 5.56 Å². The molecule has 1 fully saturated rings. The average molecular weight is 372 g/mol. The second-order valence-corrected chi connectivity index (χ2v) is 7.69. The van der Waals surface area contributed by atoms with Crippen LogP contribution in [0.1, 0.15) is 30.1 Å². The van der Waals surface area contributed by atoms with E-state index in [1.165, 1.54) is 16.5 Å². The molecule has 2 N–H and O–H groups in total. The minimum absolute atomic E-state index is 0.0256. The number of hydrogen-bond acceptors (Lipinski definition) is 3. The molecule has 0 saturated carbocycles. The molecule has 1 aliphatic heterocycles. The Morgan fingerprint density at radius 2 is 1.75 bits per heavy atom. The van der Waals surface area contributed by atoms with Crippen molar-refractivity contribution in [2.45, 2.75) is 25.2 Å². The van der Waals surface area contributed by atoms with E-state index in [0.29, 0.717) is 11.3 Å². The number of para-hydroxylation sites is 2. The van der Waals surface area contributed by atoms with Crippen LogP contribution in [0.2, 0.25) is 0 Å². The molecule has 28 heavy (non-hydrogen) atoms. The van der Waals surface area contributed by atoms with Gasteiger partial charge in [0.05, 0.1) is 10.9 Å². The lowest BCUT2D eigenvalue weighted by molar-refractivity contribution is 0.211. The summed E-state index contributed by atoms with van der Waals surface area (Å²) in [6, 6.07) is 16.1. The number of nitrogens with zero attached hydrogens (tertiary/aromatic N) is 2. The van der Waals surface area contributed by atoms with Gasteiger partial charge in [0, 0.05) is 29.6 Å². The van der Waals surface area contributed by atoms with E-state index in [1.807, 2.05) is 24.3 Å². The number of aromatic nitrogens is 3. The van der Waals surface area contributed by atoms with Crippen LogP contribution in [0.15, 0.2) is 59.5 Å². The van der Waals surface area contributed by atoms with Crippen molar-refractivity contribution in [1.82, 2.24) is 19.9 Å². The van der Waals surface area contributed by atoms with Crippen LogP contribution in [-0.2, 0) is 6.42 Å². The van der Waals surface area contributed by atoms with Gasteiger partial charge >= 0.3 is 0 Å². The van der Waals surface area contributed by atoms with Gasteiger partial charge in [-0.25, -0.2) is 4.98 Å². The van der Waals surface area contributed by atoms with Crippen molar-refractivity contribution in [3.63, 3.8) is 0 Å². The Balaban J connectivity index is 1.23. The first-order valence-corrected chi connectivity index (χ1v) is 10.0. The summed E-state index contributed by atoms with van der Waals surface area (Å²) < 4.78 is 0. The lowest BCUT2D eigenvalue weighted by Gasteiger charge is -2.31. The van der Waals surface area contributed by atoms with E-state index in [0.717, 1.165) is 50.2 Å². The Kier molecular flexibility index (Phi) is 4.45. The van der Waals surface area contributed by atoms with E-state index in [9.17, 15) is 4.79 Å². The SMILES string of the molecule is O=c1[nH]c(C2CCN(CCc3c[nH]c4ccccc34)CC2)nc2ccccc12. The van der Waals surface area contributed by atoms with Gasteiger partial charge < -0.3 is 14.9 Å². The minimum atomic E-state index is -0.0256. The first kappa shape index (κ1) is 17.2. The normalized spacial score (nSPS) is 16.1. The number of hydrogen-bond donors (Lipinski definition) is 2. The monoisotopic (exact) mass is 372 g/mol. The van der Waals surface area contributed by atoms with E-state index >= 15 is 0 Å². The highest BCUT2D eigenvalue weighted by Crippen LogP contribution is 2.26. The van der Waals surface area contributed by atoms with Crippen LogP contribution in [0, 0.1) is 0 Å². The number of likely N-dealkylation sites (tertiary alicyclic amines) is 1. The fraction of sp³-hybridized carbons (Fsp3) is 0.304. The number of H-pyrrole nitrogens is 2. The standard InChI is InChI=1S/C23H24N4O/c28-23-19-6-2-4-8-21(19)25-22(26-23)16-9-12-27(13-10-16)14-11-17-15-24-20-7-3-1-5-18(17)20/h1-8,15-16,24H,9-14H2,(H,25,26,28). The van der Waals surface area contributed by atoms with E-state index in [1.54, 1.807) is 0 Å². The third-order valence-electron chi connectivity index (χ3n) is 5.98. The van der Waals surface area contributed by atoms with E-state index < -0.39 is 0 Å². The summed E-state index contributed by atoms with van der Waals surface area (Å²) in [6.07, 6.45) is 5.27. The molecule has 4 aromatic rings.